The van der Waals surface area contributed by atoms with Gasteiger partial charge in [0.2, 0.25) is 5.91 Å². The number of carbonyl (C=O) groups is 3. The van der Waals surface area contributed by atoms with Gasteiger partial charge in [0.15, 0.2) is 0 Å². The van der Waals surface area contributed by atoms with Gasteiger partial charge in [-0.25, -0.2) is 4.79 Å². The van der Waals surface area contributed by atoms with Crippen molar-refractivity contribution in [3.8, 4) is 0 Å². The first-order chi connectivity index (χ1) is 12.3. The monoisotopic (exact) mass is 374 g/mol. The van der Waals surface area contributed by atoms with Gasteiger partial charge in [0, 0.05) is 6.92 Å². The van der Waals surface area contributed by atoms with Crippen molar-refractivity contribution in [3.63, 3.8) is 0 Å². The molecule has 2 N–H and O–H groups in total. The van der Waals surface area contributed by atoms with E-state index < -0.39 is 5.97 Å². The van der Waals surface area contributed by atoms with E-state index in [4.69, 9.17) is 4.74 Å². The normalized spacial score (nSPS) is 11.5. The molecule has 6 nitrogen and oxygen atoms in total. The van der Waals surface area contributed by atoms with Crippen LogP contribution in [0.25, 0.3) is 0 Å². The highest BCUT2D eigenvalue weighted by atomic mass is 32.1. The summed E-state index contributed by atoms with van der Waals surface area (Å²) < 4.78 is 5.06. The van der Waals surface area contributed by atoms with E-state index in [1.165, 1.54) is 6.92 Å². The summed E-state index contributed by atoms with van der Waals surface area (Å²) in [6, 6.07) is 9.38. The zero-order valence-corrected chi connectivity index (χ0v) is 16.0. The van der Waals surface area contributed by atoms with Crippen LogP contribution in [-0.4, -0.2) is 24.4 Å². The summed E-state index contributed by atoms with van der Waals surface area (Å²) in [7, 11) is 0. The Balaban J connectivity index is 2.31. The Morgan fingerprint density at radius 3 is 2.42 bits per heavy atom. The zero-order valence-electron chi connectivity index (χ0n) is 15.2. The van der Waals surface area contributed by atoms with Crippen LogP contribution in [0.4, 0.5) is 5.00 Å². The van der Waals surface area contributed by atoms with Crippen LogP contribution in [0.15, 0.2) is 30.3 Å². The Hall–Kier alpha value is -2.67. The van der Waals surface area contributed by atoms with Gasteiger partial charge in [0.25, 0.3) is 5.91 Å². The van der Waals surface area contributed by atoms with Crippen molar-refractivity contribution in [2.24, 2.45) is 0 Å². The quantitative estimate of drug-likeness (QED) is 0.756. The Labute approximate surface area is 156 Å². The molecule has 0 spiro atoms. The molecule has 1 heterocycles. The summed E-state index contributed by atoms with van der Waals surface area (Å²) in [5.41, 5.74) is 1.70. The van der Waals surface area contributed by atoms with Gasteiger partial charge in [-0.05, 0) is 31.9 Å². The molecule has 1 aromatic carbocycles. The fourth-order valence-electron chi connectivity index (χ4n) is 2.51. The molecular weight excluding hydrogens is 352 g/mol. The van der Waals surface area contributed by atoms with E-state index in [1.807, 2.05) is 37.3 Å². The molecule has 0 saturated carbocycles. The summed E-state index contributed by atoms with van der Waals surface area (Å²) >= 11 is 1.07. The molecule has 2 rings (SSSR count). The van der Waals surface area contributed by atoms with E-state index in [-0.39, 0.29) is 30.0 Å². The number of rotatable bonds is 6. The molecule has 0 aliphatic rings. The van der Waals surface area contributed by atoms with E-state index in [9.17, 15) is 14.4 Å². The van der Waals surface area contributed by atoms with E-state index in [1.54, 1.807) is 13.8 Å². The standard InChI is InChI=1S/C19H22N2O4S/c1-5-25-19(24)15-11(2)16(26-18(15)21-13(4)22)17(23)20-12(3)14-9-7-6-8-10-14/h6-10,12H,5H2,1-4H3,(H,20,23)(H,21,22). The predicted octanol–water partition coefficient (Wildman–Crippen LogP) is 3.68. The largest absolute Gasteiger partial charge is 0.462 e. The van der Waals surface area contributed by atoms with E-state index in [2.05, 4.69) is 10.6 Å². The van der Waals surface area contributed by atoms with Gasteiger partial charge in [0.05, 0.1) is 23.1 Å². The minimum Gasteiger partial charge on any atom is -0.462 e. The summed E-state index contributed by atoms with van der Waals surface area (Å²) in [5, 5.41) is 5.86. The second kappa shape index (κ2) is 8.62. The SMILES string of the molecule is CCOC(=O)c1c(NC(C)=O)sc(C(=O)NC(C)c2ccccc2)c1C. The first kappa shape index (κ1) is 19.7. The smallest absolute Gasteiger partial charge is 0.341 e. The fourth-order valence-corrected chi connectivity index (χ4v) is 3.66. The van der Waals surface area contributed by atoms with Crippen molar-refractivity contribution in [3.05, 3.63) is 51.9 Å². The summed E-state index contributed by atoms with van der Waals surface area (Å²) in [5.74, 6) is -1.17. The highest BCUT2D eigenvalue weighted by Crippen LogP contribution is 2.34. The number of esters is 1. The number of anilines is 1. The van der Waals surface area contributed by atoms with Crippen LogP contribution < -0.4 is 10.6 Å². The molecule has 26 heavy (non-hydrogen) atoms. The summed E-state index contributed by atoms with van der Waals surface area (Å²) in [6.07, 6.45) is 0. The van der Waals surface area contributed by atoms with E-state index >= 15 is 0 Å². The molecule has 7 heteroatoms. The molecule has 0 radical (unpaired) electrons. The molecule has 138 valence electrons. The van der Waals surface area contributed by atoms with Gasteiger partial charge in [0.1, 0.15) is 5.00 Å². The van der Waals surface area contributed by atoms with Gasteiger partial charge in [-0.3, -0.25) is 9.59 Å². The first-order valence-corrected chi connectivity index (χ1v) is 9.10. The number of benzene rings is 1. The average molecular weight is 374 g/mol. The highest BCUT2D eigenvalue weighted by molar-refractivity contribution is 7.18. The van der Waals surface area contributed by atoms with Gasteiger partial charge >= 0.3 is 5.97 Å². The molecule has 1 atom stereocenters. The molecule has 2 amide bonds. The number of thiophene rings is 1. The third kappa shape index (κ3) is 4.49. The van der Waals surface area contributed by atoms with Crippen LogP contribution in [0.2, 0.25) is 0 Å². The zero-order chi connectivity index (χ0) is 19.3. The van der Waals surface area contributed by atoms with Crippen molar-refractivity contribution in [1.82, 2.24) is 5.32 Å². The number of carbonyl (C=O) groups excluding carboxylic acids is 3. The predicted molar refractivity (Wildman–Crippen MR) is 102 cm³/mol. The van der Waals surface area contributed by atoms with Crippen LogP contribution >= 0.6 is 11.3 Å². The molecule has 1 aromatic heterocycles. The van der Waals surface area contributed by atoms with Crippen LogP contribution in [0.1, 0.15) is 58.0 Å². The molecule has 0 saturated heterocycles. The Morgan fingerprint density at radius 2 is 1.85 bits per heavy atom. The number of hydrogen-bond acceptors (Lipinski definition) is 5. The lowest BCUT2D eigenvalue weighted by molar-refractivity contribution is -0.114. The average Bonchev–Trinajstić information content (AvgIpc) is 2.91. The molecule has 1 unspecified atom stereocenters. The van der Waals surface area contributed by atoms with Crippen molar-refractivity contribution in [2.45, 2.75) is 33.7 Å². The summed E-state index contributed by atoms with van der Waals surface area (Å²) in [6.45, 7) is 6.82. The third-order valence-electron chi connectivity index (χ3n) is 3.77. The Morgan fingerprint density at radius 1 is 1.19 bits per heavy atom. The van der Waals surface area contributed by atoms with Crippen molar-refractivity contribution < 1.29 is 19.1 Å². The van der Waals surface area contributed by atoms with Crippen LogP contribution in [0, 0.1) is 6.92 Å². The second-order valence-electron chi connectivity index (χ2n) is 5.77. The van der Waals surface area contributed by atoms with E-state index in [0.29, 0.717) is 15.4 Å². The van der Waals surface area contributed by atoms with Crippen LogP contribution in [0.5, 0.6) is 0 Å². The summed E-state index contributed by atoms with van der Waals surface area (Å²) in [4.78, 5) is 36.8. The number of nitrogens with one attached hydrogen (secondary N) is 2. The van der Waals surface area contributed by atoms with Gasteiger partial charge in [-0.15, -0.1) is 11.3 Å². The van der Waals surface area contributed by atoms with Gasteiger partial charge in [-0.1, -0.05) is 30.3 Å². The van der Waals surface area contributed by atoms with Crippen LogP contribution in [0.3, 0.4) is 0 Å². The van der Waals surface area contributed by atoms with Crippen LogP contribution in [-0.2, 0) is 9.53 Å². The maximum Gasteiger partial charge on any atom is 0.341 e. The highest BCUT2D eigenvalue weighted by Gasteiger charge is 2.26. The maximum atomic E-state index is 12.7. The Bertz CT molecular complexity index is 814. The lowest BCUT2D eigenvalue weighted by Gasteiger charge is -2.14. The van der Waals surface area contributed by atoms with Crippen molar-refractivity contribution >= 4 is 34.1 Å². The number of ether oxygens (including phenoxy) is 1. The molecule has 0 bridgehead atoms. The maximum absolute atomic E-state index is 12.7. The first-order valence-electron chi connectivity index (χ1n) is 8.29. The lowest BCUT2D eigenvalue weighted by Crippen LogP contribution is -2.26. The molecular formula is C19H22N2O4S. The lowest BCUT2D eigenvalue weighted by atomic mass is 10.1. The third-order valence-corrected chi connectivity index (χ3v) is 4.98. The van der Waals surface area contributed by atoms with Crippen molar-refractivity contribution in [1.29, 1.82) is 0 Å². The van der Waals surface area contributed by atoms with E-state index in [0.717, 1.165) is 16.9 Å². The molecule has 2 aromatic rings. The minimum atomic E-state index is -0.555. The fraction of sp³-hybridized carbons (Fsp3) is 0.316. The molecule has 0 fully saturated rings. The van der Waals surface area contributed by atoms with Gasteiger partial charge in [-0.2, -0.15) is 0 Å². The van der Waals surface area contributed by atoms with Gasteiger partial charge < -0.3 is 15.4 Å². The molecule has 0 aliphatic carbocycles. The number of amides is 2. The second-order valence-corrected chi connectivity index (χ2v) is 6.79. The minimum absolute atomic E-state index is 0.194. The Kier molecular flexibility index (Phi) is 6.52. The molecule has 0 aliphatic heterocycles. The topological polar surface area (TPSA) is 84.5 Å². The van der Waals surface area contributed by atoms with Crippen molar-refractivity contribution in [2.75, 3.05) is 11.9 Å². The number of hydrogen-bond donors (Lipinski definition) is 2.